The van der Waals surface area contributed by atoms with Crippen molar-refractivity contribution < 1.29 is 12.6 Å². The Morgan fingerprint density at radius 3 is 2.70 bits per heavy atom. The number of hydrogen-bond acceptors (Lipinski definition) is 4. The van der Waals surface area contributed by atoms with E-state index in [4.69, 9.17) is 5.73 Å². The topological polar surface area (TPSA) is 89.3 Å². The maximum absolute atomic E-state index is 12.1. The van der Waals surface area contributed by atoms with E-state index in [0.717, 1.165) is 12.0 Å². The zero-order valence-electron chi connectivity index (χ0n) is 11.8. The van der Waals surface area contributed by atoms with E-state index in [1.807, 2.05) is 13.0 Å². The van der Waals surface area contributed by atoms with Crippen molar-refractivity contribution in [1.82, 2.24) is 4.72 Å². The van der Waals surface area contributed by atoms with E-state index in [0.29, 0.717) is 12.2 Å². The van der Waals surface area contributed by atoms with Crippen molar-refractivity contribution in [2.75, 3.05) is 18.6 Å². The van der Waals surface area contributed by atoms with E-state index in [1.54, 1.807) is 24.5 Å². The molecule has 0 radical (unpaired) electrons. The summed E-state index contributed by atoms with van der Waals surface area (Å²) in [5.74, 6) is 0.489. The Morgan fingerprint density at radius 1 is 1.40 bits per heavy atom. The van der Waals surface area contributed by atoms with Crippen molar-refractivity contribution in [3.63, 3.8) is 0 Å². The van der Waals surface area contributed by atoms with Gasteiger partial charge in [0.2, 0.25) is 10.0 Å². The summed E-state index contributed by atoms with van der Waals surface area (Å²) in [5.41, 5.74) is 6.72. The normalized spacial score (nSPS) is 14.9. The Labute approximate surface area is 123 Å². The van der Waals surface area contributed by atoms with E-state index in [-0.39, 0.29) is 17.5 Å². The van der Waals surface area contributed by atoms with Crippen LogP contribution in [0.3, 0.4) is 0 Å². The molecule has 7 heteroatoms. The first kappa shape index (κ1) is 17.3. The second kappa shape index (κ2) is 7.87. The Bertz CT molecular complexity index is 558. The van der Waals surface area contributed by atoms with Crippen LogP contribution in [0, 0.1) is 0 Å². The van der Waals surface area contributed by atoms with Gasteiger partial charge in [-0.25, -0.2) is 13.1 Å². The lowest BCUT2D eigenvalue weighted by atomic mass is 10.1. The number of nitrogens with two attached hydrogens (primary N) is 1. The minimum absolute atomic E-state index is 0.160. The lowest BCUT2D eigenvalue weighted by Crippen LogP contribution is -2.26. The molecule has 0 heterocycles. The number of benzene rings is 1. The largest absolute Gasteiger partial charge is 0.324 e. The van der Waals surface area contributed by atoms with Gasteiger partial charge in [0, 0.05) is 35.4 Å². The fourth-order valence-electron chi connectivity index (χ4n) is 1.71. The van der Waals surface area contributed by atoms with Crippen LogP contribution in [0.15, 0.2) is 29.2 Å². The van der Waals surface area contributed by atoms with Crippen LogP contribution in [-0.2, 0) is 20.8 Å². The quantitative estimate of drug-likeness (QED) is 0.704. The minimum atomic E-state index is -3.53. The number of nitrogens with one attached hydrogen (secondary N) is 1. The second-order valence-electron chi connectivity index (χ2n) is 4.62. The van der Waals surface area contributed by atoms with Crippen LogP contribution in [0.1, 0.15) is 31.4 Å². The first-order chi connectivity index (χ1) is 9.36. The highest BCUT2D eigenvalue weighted by molar-refractivity contribution is 7.89. The van der Waals surface area contributed by atoms with Gasteiger partial charge in [-0.15, -0.1) is 0 Å². The maximum atomic E-state index is 12.1. The van der Waals surface area contributed by atoms with E-state index >= 15 is 0 Å². The third kappa shape index (κ3) is 5.32. The summed E-state index contributed by atoms with van der Waals surface area (Å²) in [5, 5.41) is 0. The Morgan fingerprint density at radius 2 is 2.10 bits per heavy atom. The van der Waals surface area contributed by atoms with Gasteiger partial charge >= 0.3 is 0 Å². The lowest BCUT2D eigenvalue weighted by molar-refractivity contribution is 0.580. The highest BCUT2D eigenvalue weighted by atomic mass is 32.2. The van der Waals surface area contributed by atoms with Crippen molar-refractivity contribution >= 4 is 20.8 Å². The van der Waals surface area contributed by atoms with Gasteiger partial charge in [-0.05, 0) is 30.5 Å². The minimum Gasteiger partial charge on any atom is -0.324 e. The number of sulfonamides is 1. The SMILES string of the molecule is CCC(N)c1cccc(S(=O)(=O)NCCCS(C)=O)c1. The molecule has 2 atom stereocenters. The van der Waals surface area contributed by atoms with Gasteiger partial charge in [0.15, 0.2) is 0 Å². The van der Waals surface area contributed by atoms with Gasteiger partial charge in [-0.3, -0.25) is 4.21 Å². The summed E-state index contributed by atoms with van der Waals surface area (Å²) in [4.78, 5) is 0.219. The van der Waals surface area contributed by atoms with E-state index in [1.165, 1.54) is 0 Å². The molecule has 0 bridgehead atoms. The average Bonchev–Trinajstić information content (AvgIpc) is 2.42. The molecule has 114 valence electrons. The predicted molar refractivity (Wildman–Crippen MR) is 82.4 cm³/mol. The highest BCUT2D eigenvalue weighted by Crippen LogP contribution is 2.18. The molecule has 1 aromatic carbocycles. The van der Waals surface area contributed by atoms with Crippen LogP contribution in [0.25, 0.3) is 0 Å². The smallest absolute Gasteiger partial charge is 0.240 e. The van der Waals surface area contributed by atoms with Crippen LogP contribution < -0.4 is 10.5 Å². The maximum Gasteiger partial charge on any atom is 0.240 e. The van der Waals surface area contributed by atoms with Gasteiger partial charge < -0.3 is 5.73 Å². The van der Waals surface area contributed by atoms with Crippen LogP contribution in [0.4, 0.5) is 0 Å². The number of hydrogen-bond donors (Lipinski definition) is 2. The van der Waals surface area contributed by atoms with E-state index in [9.17, 15) is 12.6 Å². The van der Waals surface area contributed by atoms with Crippen LogP contribution in [-0.4, -0.2) is 31.2 Å². The summed E-state index contributed by atoms with van der Waals surface area (Å²) in [6.07, 6.45) is 2.90. The van der Waals surface area contributed by atoms with Gasteiger partial charge in [-0.1, -0.05) is 19.1 Å². The van der Waals surface area contributed by atoms with E-state index < -0.39 is 20.8 Å². The zero-order valence-corrected chi connectivity index (χ0v) is 13.5. The molecule has 0 saturated carbocycles. The fourth-order valence-corrected chi connectivity index (χ4v) is 3.39. The fraction of sp³-hybridized carbons (Fsp3) is 0.538. The van der Waals surface area contributed by atoms with Crippen LogP contribution in [0.2, 0.25) is 0 Å². The van der Waals surface area contributed by atoms with Gasteiger partial charge in [0.25, 0.3) is 0 Å². The molecule has 0 saturated heterocycles. The molecular formula is C13H22N2O3S2. The van der Waals surface area contributed by atoms with Gasteiger partial charge in [-0.2, -0.15) is 0 Å². The van der Waals surface area contributed by atoms with E-state index in [2.05, 4.69) is 4.72 Å². The van der Waals surface area contributed by atoms with Crippen LogP contribution >= 0.6 is 0 Å². The molecule has 0 amide bonds. The van der Waals surface area contributed by atoms with Crippen molar-refractivity contribution in [3.8, 4) is 0 Å². The summed E-state index contributed by atoms with van der Waals surface area (Å²) in [6, 6.07) is 6.52. The summed E-state index contributed by atoms with van der Waals surface area (Å²) < 4.78 is 37.6. The molecule has 20 heavy (non-hydrogen) atoms. The highest BCUT2D eigenvalue weighted by Gasteiger charge is 2.15. The summed E-state index contributed by atoms with van der Waals surface area (Å²) in [7, 11) is -4.43. The molecule has 5 nitrogen and oxygen atoms in total. The Balaban J connectivity index is 2.74. The molecule has 1 aromatic rings. The molecule has 2 unspecified atom stereocenters. The Kier molecular flexibility index (Phi) is 6.81. The molecule has 0 fully saturated rings. The van der Waals surface area contributed by atoms with Crippen molar-refractivity contribution in [2.24, 2.45) is 5.73 Å². The average molecular weight is 318 g/mol. The summed E-state index contributed by atoms with van der Waals surface area (Å²) >= 11 is 0. The lowest BCUT2D eigenvalue weighted by Gasteiger charge is -2.11. The predicted octanol–water partition coefficient (Wildman–Crippen LogP) is 1.14. The monoisotopic (exact) mass is 318 g/mol. The third-order valence-corrected chi connectivity index (χ3v) is 5.26. The van der Waals surface area contributed by atoms with Crippen molar-refractivity contribution in [3.05, 3.63) is 29.8 Å². The first-order valence-electron chi connectivity index (χ1n) is 6.52. The van der Waals surface area contributed by atoms with Gasteiger partial charge in [0.05, 0.1) is 4.90 Å². The third-order valence-electron chi connectivity index (χ3n) is 2.94. The van der Waals surface area contributed by atoms with Crippen molar-refractivity contribution in [2.45, 2.75) is 30.7 Å². The molecule has 0 aliphatic carbocycles. The standard InChI is InChI=1S/C13H22N2O3S2/c1-3-13(14)11-6-4-7-12(10-11)20(17,18)15-8-5-9-19(2)16/h4,6-7,10,13,15H,3,5,8-9,14H2,1-2H3. The molecule has 1 rings (SSSR count). The molecule has 0 spiro atoms. The zero-order chi connectivity index (χ0) is 15.2. The number of rotatable bonds is 8. The molecular weight excluding hydrogens is 296 g/mol. The van der Waals surface area contributed by atoms with Crippen molar-refractivity contribution in [1.29, 1.82) is 0 Å². The molecule has 0 aromatic heterocycles. The Hall–Kier alpha value is -0.760. The van der Waals surface area contributed by atoms with Crippen LogP contribution in [0.5, 0.6) is 0 Å². The second-order valence-corrected chi connectivity index (χ2v) is 7.94. The van der Waals surface area contributed by atoms with Gasteiger partial charge in [0.1, 0.15) is 0 Å². The molecule has 0 aliphatic rings. The molecule has 0 aliphatic heterocycles. The molecule has 3 N–H and O–H groups in total. The summed E-state index contributed by atoms with van der Waals surface area (Å²) in [6.45, 7) is 2.24. The first-order valence-corrected chi connectivity index (χ1v) is 9.73.